The predicted molar refractivity (Wildman–Crippen MR) is 93.9 cm³/mol. The number of carbonyl (C=O) groups excluding carboxylic acids is 3. The minimum absolute atomic E-state index is 0.0803. The van der Waals surface area contributed by atoms with Gasteiger partial charge in [0.2, 0.25) is 5.91 Å². The Morgan fingerprint density at radius 2 is 2.15 bits per heavy atom. The smallest absolute Gasteiger partial charge is 0.294 e. The highest BCUT2D eigenvalue weighted by Gasteiger charge is 2.36. The maximum absolute atomic E-state index is 13.2. The molecule has 136 valence electrons. The molecular weight excluding hydrogens is 383 g/mol. The van der Waals surface area contributed by atoms with Crippen LogP contribution in [0.5, 0.6) is 0 Å². The van der Waals surface area contributed by atoms with Crippen LogP contribution in [0.3, 0.4) is 0 Å². The van der Waals surface area contributed by atoms with E-state index in [-0.39, 0.29) is 10.7 Å². The second-order valence-electron chi connectivity index (χ2n) is 5.65. The van der Waals surface area contributed by atoms with Crippen molar-refractivity contribution in [1.82, 2.24) is 10.2 Å². The van der Waals surface area contributed by atoms with Crippen LogP contribution in [0.25, 0.3) is 6.08 Å². The molecule has 7 nitrogen and oxygen atoms in total. The van der Waals surface area contributed by atoms with Crippen molar-refractivity contribution in [3.05, 3.63) is 52.0 Å². The average Bonchev–Trinajstić information content (AvgIpc) is 3.01. The lowest BCUT2D eigenvalue weighted by molar-refractivity contribution is -0.129. The number of imide groups is 1. The number of hydrogen-bond donors (Lipinski definition) is 1. The molecule has 1 unspecified atom stereocenters. The van der Waals surface area contributed by atoms with Crippen molar-refractivity contribution in [3.63, 3.8) is 0 Å². The van der Waals surface area contributed by atoms with Crippen molar-refractivity contribution in [3.8, 4) is 0 Å². The summed E-state index contributed by atoms with van der Waals surface area (Å²) in [4.78, 5) is 37.1. The summed E-state index contributed by atoms with van der Waals surface area (Å²) in [7, 11) is -3.32. The van der Waals surface area contributed by atoms with Crippen LogP contribution in [0.2, 0.25) is 0 Å². The third-order valence-electron chi connectivity index (χ3n) is 3.60. The molecule has 1 fully saturated rings. The van der Waals surface area contributed by atoms with Crippen molar-refractivity contribution in [1.29, 1.82) is 0 Å². The summed E-state index contributed by atoms with van der Waals surface area (Å²) in [6.45, 7) is -0.518. The molecule has 1 aromatic carbocycles. The Labute approximate surface area is 152 Å². The molecule has 0 aromatic heterocycles. The number of amides is 3. The van der Waals surface area contributed by atoms with Gasteiger partial charge in [-0.2, -0.15) is 0 Å². The molecule has 1 aromatic rings. The van der Waals surface area contributed by atoms with E-state index in [2.05, 4.69) is 5.32 Å². The van der Waals surface area contributed by atoms with Gasteiger partial charge in [-0.1, -0.05) is 12.1 Å². The van der Waals surface area contributed by atoms with E-state index in [1.54, 1.807) is 6.07 Å². The zero-order valence-electron chi connectivity index (χ0n) is 13.2. The lowest BCUT2D eigenvalue weighted by Gasteiger charge is -2.14. The van der Waals surface area contributed by atoms with Gasteiger partial charge in [-0.05, 0) is 41.6 Å². The fraction of sp³-hybridized carbons (Fsp3) is 0.188. The summed E-state index contributed by atoms with van der Waals surface area (Å²) in [5, 5.41) is 2.84. The van der Waals surface area contributed by atoms with Crippen molar-refractivity contribution < 1.29 is 27.2 Å². The average molecular weight is 396 g/mol. The molecule has 10 heteroatoms. The van der Waals surface area contributed by atoms with Crippen LogP contribution in [0.4, 0.5) is 9.18 Å². The van der Waals surface area contributed by atoms with E-state index >= 15 is 0 Å². The molecule has 2 aliphatic rings. The number of hydrogen-bond acceptors (Lipinski definition) is 6. The molecule has 0 aliphatic carbocycles. The van der Waals surface area contributed by atoms with Gasteiger partial charge in [0, 0.05) is 5.41 Å². The summed E-state index contributed by atoms with van der Waals surface area (Å²) in [6, 6.07) is 4.84. The van der Waals surface area contributed by atoms with E-state index in [4.69, 9.17) is 0 Å². The first-order valence-electron chi connectivity index (χ1n) is 7.45. The van der Waals surface area contributed by atoms with Crippen molar-refractivity contribution in [2.75, 3.05) is 12.3 Å². The summed E-state index contributed by atoms with van der Waals surface area (Å²) < 4.78 is 35.8. The highest BCUT2D eigenvalue weighted by Crippen LogP contribution is 2.32. The fourth-order valence-corrected chi connectivity index (χ4v) is 4.52. The molecule has 1 atom stereocenters. The monoisotopic (exact) mass is 396 g/mol. The molecule has 0 saturated carbocycles. The zero-order chi connectivity index (χ0) is 18.9. The molecule has 0 spiro atoms. The first kappa shape index (κ1) is 18.3. The third-order valence-corrected chi connectivity index (χ3v) is 5.90. The minimum Gasteiger partial charge on any atom is -0.347 e. The minimum atomic E-state index is -3.32. The SMILES string of the molecule is O=C(CN1C(=O)S/C(=C\c2cccc(F)c2)C1=O)NC1C=CS(=O)(=O)C1. The quantitative estimate of drug-likeness (QED) is 0.770. The van der Waals surface area contributed by atoms with Gasteiger partial charge in [0.05, 0.1) is 16.7 Å². The lowest BCUT2D eigenvalue weighted by Crippen LogP contribution is -2.43. The van der Waals surface area contributed by atoms with E-state index in [1.807, 2.05) is 0 Å². The number of nitrogens with zero attached hydrogens (tertiary/aromatic N) is 1. The van der Waals surface area contributed by atoms with Crippen LogP contribution < -0.4 is 5.32 Å². The van der Waals surface area contributed by atoms with Crippen molar-refractivity contribution >= 4 is 44.7 Å². The normalized spacial score (nSPS) is 23.0. The largest absolute Gasteiger partial charge is 0.347 e. The Balaban J connectivity index is 1.66. The highest BCUT2D eigenvalue weighted by molar-refractivity contribution is 8.18. The lowest BCUT2D eigenvalue weighted by atomic mass is 10.2. The highest BCUT2D eigenvalue weighted by atomic mass is 32.2. The molecule has 1 N–H and O–H groups in total. The maximum atomic E-state index is 13.2. The molecule has 2 aliphatic heterocycles. The number of carbonyl (C=O) groups is 3. The van der Waals surface area contributed by atoms with Crippen LogP contribution in [0.1, 0.15) is 5.56 Å². The summed E-state index contributed by atoms with van der Waals surface area (Å²) in [5.41, 5.74) is 0.418. The van der Waals surface area contributed by atoms with Crippen molar-refractivity contribution in [2.24, 2.45) is 0 Å². The van der Waals surface area contributed by atoms with Crippen molar-refractivity contribution in [2.45, 2.75) is 6.04 Å². The number of rotatable bonds is 4. The molecule has 2 heterocycles. The van der Waals surface area contributed by atoms with E-state index < -0.39 is 45.3 Å². The summed E-state index contributed by atoms with van der Waals surface area (Å²) in [6.07, 6.45) is 2.71. The predicted octanol–water partition coefficient (Wildman–Crippen LogP) is 1.29. The number of halogens is 1. The molecule has 3 amide bonds. The van der Waals surface area contributed by atoms with Gasteiger partial charge in [-0.25, -0.2) is 12.8 Å². The molecule has 26 heavy (non-hydrogen) atoms. The van der Waals surface area contributed by atoms with Gasteiger partial charge >= 0.3 is 0 Å². The summed E-state index contributed by atoms with van der Waals surface area (Å²) >= 11 is 0.653. The van der Waals surface area contributed by atoms with Gasteiger partial charge < -0.3 is 5.32 Å². The van der Waals surface area contributed by atoms with Gasteiger partial charge in [0.1, 0.15) is 12.4 Å². The van der Waals surface area contributed by atoms with E-state index in [1.165, 1.54) is 30.4 Å². The fourth-order valence-electron chi connectivity index (χ4n) is 2.45. The van der Waals surface area contributed by atoms with E-state index in [9.17, 15) is 27.2 Å². The molecule has 0 radical (unpaired) electrons. The zero-order valence-corrected chi connectivity index (χ0v) is 14.8. The Kier molecular flexibility index (Phi) is 4.97. The standard InChI is InChI=1S/C16H13FN2O5S2/c17-11-3-1-2-10(6-11)7-13-15(21)19(16(22)25-13)8-14(20)18-12-4-5-26(23,24)9-12/h1-7,12H,8-9H2,(H,18,20)/b13-7-. The van der Waals surface area contributed by atoms with Gasteiger partial charge in [0.25, 0.3) is 11.1 Å². The number of nitrogens with one attached hydrogen (secondary N) is 1. The van der Waals surface area contributed by atoms with E-state index in [0.717, 1.165) is 10.3 Å². The van der Waals surface area contributed by atoms with Crippen LogP contribution in [0, 0.1) is 5.82 Å². The topological polar surface area (TPSA) is 101 Å². The Morgan fingerprint density at radius 3 is 2.81 bits per heavy atom. The van der Waals surface area contributed by atoms with Gasteiger partial charge in [-0.3, -0.25) is 19.3 Å². The second-order valence-corrected chi connectivity index (χ2v) is 8.58. The third kappa shape index (κ3) is 4.20. The molecule has 0 bridgehead atoms. The Morgan fingerprint density at radius 1 is 1.38 bits per heavy atom. The van der Waals surface area contributed by atoms with Crippen LogP contribution in [0.15, 0.2) is 40.7 Å². The van der Waals surface area contributed by atoms with Crippen LogP contribution >= 0.6 is 11.8 Å². The van der Waals surface area contributed by atoms with E-state index in [0.29, 0.717) is 17.3 Å². The maximum Gasteiger partial charge on any atom is 0.294 e. The van der Waals surface area contributed by atoms with Crippen LogP contribution in [-0.2, 0) is 19.4 Å². The molecular formula is C16H13FN2O5S2. The molecule has 3 rings (SSSR count). The number of sulfone groups is 1. The van der Waals surface area contributed by atoms with Crippen LogP contribution in [-0.4, -0.2) is 48.7 Å². The molecule has 1 saturated heterocycles. The Hall–Kier alpha value is -2.46. The second kappa shape index (κ2) is 7.04. The first-order chi connectivity index (χ1) is 12.2. The first-order valence-corrected chi connectivity index (χ1v) is 9.98. The number of benzene rings is 1. The number of thioether (sulfide) groups is 1. The Bertz CT molecular complexity index is 955. The van der Waals surface area contributed by atoms with Gasteiger partial charge in [0.15, 0.2) is 9.84 Å². The van der Waals surface area contributed by atoms with Gasteiger partial charge in [-0.15, -0.1) is 0 Å². The summed E-state index contributed by atoms with van der Waals surface area (Å²) in [5.74, 6) is -2.03.